The highest BCUT2D eigenvalue weighted by Crippen LogP contribution is 2.21. The lowest BCUT2D eigenvalue weighted by Gasteiger charge is -2.21. The molecule has 0 atom stereocenters. The van der Waals surface area contributed by atoms with E-state index in [0.29, 0.717) is 13.2 Å². The SMILES string of the molecule is O=C(O)c1csc(CN(CCc2c[nH]c3ccccc23)Cc2ccc(OCc3ccccc3)cc2)n1. The minimum atomic E-state index is -0.992. The molecule has 0 fully saturated rings. The number of carboxylic acids is 1. The number of aromatic nitrogens is 2. The highest BCUT2D eigenvalue weighted by molar-refractivity contribution is 7.09. The van der Waals surface area contributed by atoms with Crippen LogP contribution in [0.25, 0.3) is 10.9 Å². The van der Waals surface area contributed by atoms with Crippen LogP contribution in [0.2, 0.25) is 0 Å². The molecule has 0 spiro atoms. The smallest absolute Gasteiger partial charge is 0.355 e. The second-order valence-corrected chi connectivity index (χ2v) is 9.61. The molecular weight excluding hydrogens is 470 g/mol. The second kappa shape index (κ2) is 11.2. The Labute approximate surface area is 213 Å². The van der Waals surface area contributed by atoms with Gasteiger partial charge in [-0.15, -0.1) is 11.3 Å². The van der Waals surface area contributed by atoms with Gasteiger partial charge in [0.2, 0.25) is 0 Å². The predicted octanol–water partition coefficient (Wildman–Crippen LogP) is 6.15. The standard InChI is InChI=1S/C29H27N3O3S/c33-29(34)27-20-36-28(31-27)18-32(15-14-23-16-30-26-9-5-4-8-25(23)26)17-21-10-12-24(13-11-21)35-19-22-6-2-1-3-7-22/h1-13,16,20,30H,14-15,17-19H2,(H,33,34). The normalized spacial score (nSPS) is 11.2. The zero-order valence-corrected chi connectivity index (χ0v) is 20.6. The van der Waals surface area contributed by atoms with E-state index in [9.17, 15) is 9.90 Å². The van der Waals surface area contributed by atoms with Gasteiger partial charge in [-0.1, -0.05) is 60.7 Å². The van der Waals surface area contributed by atoms with Crippen LogP contribution in [0.15, 0.2) is 90.4 Å². The number of hydrogen-bond donors (Lipinski definition) is 2. The number of aromatic carboxylic acids is 1. The van der Waals surface area contributed by atoms with Crippen molar-refractivity contribution in [2.24, 2.45) is 0 Å². The summed E-state index contributed by atoms with van der Waals surface area (Å²) >= 11 is 1.39. The Balaban J connectivity index is 1.27. The zero-order valence-electron chi connectivity index (χ0n) is 19.8. The Morgan fingerprint density at radius 3 is 2.50 bits per heavy atom. The Bertz CT molecular complexity index is 1430. The van der Waals surface area contributed by atoms with Crippen LogP contribution in [-0.4, -0.2) is 32.5 Å². The van der Waals surface area contributed by atoms with E-state index in [1.165, 1.54) is 22.3 Å². The Kier molecular flexibility index (Phi) is 7.40. The van der Waals surface area contributed by atoms with E-state index in [4.69, 9.17) is 4.74 Å². The average Bonchev–Trinajstić information content (AvgIpc) is 3.55. The monoisotopic (exact) mass is 497 g/mol. The Hall–Kier alpha value is -3.94. The number of nitrogens with one attached hydrogen (secondary N) is 1. The lowest BCUT2D eigenvalue weighted by atomic mass is 10.1. The number of H-pyrrole nitrogens is 1. The quantitative estimate of drug-likeness (QED) is 0.229. The number of para-hydroxylation sites is 1. The van der Waals surface area contributed by atoms with Gasteiger partial charge in [-0.2, -0.15) is 0 Å². The number of thiazole rings is 1. The summed E-state index contributed by atoms with van der Waals surface area (Å²) in [7, 11) is 0. The maximum absolute atomic E-state index is 11.3. The number of fused-ring (bicyclic) bond motifs is 1. The molecule has 2 aromatic heterocycles. The fourth-order valence-electron chi connectivity index (χ4n) is 4.19. The van der Waals surface area contributed by atoms with E-state index in [2.05, 4.69) is 51.4 Å². The van der Waals surface area contributed by atoms with E-state index in [-0.39, 0.29) is 5.69 Å². The number of rotatable bonds is 11. The summed E-state index contributed by atoms with van der Waals surface area (Å²) in [5.74, 6) is -0.159. The molecule has 5 rings (SSSR count). The summed E-state index contributed by atoms with van der Waals surface area (Å²) in [6, 6.07) is 26.6. The molecule has 0 bridgehead atoms. The molecule has 0 unspecified atom stereocenters. The zero-order chi connectivity index (χ0) is 24.7. The summed E-state index contributed by atoms with van der Waals surface area (Å²) in [4.78, 5) is 21.3. The lowest BCUT2D eigenvalue weighted by Crippen LogP contribution is -2.25. The van der Waals surface area contributed by atoms with E-state index in [1.807, 2.05) is 48.5 Å². The molecule has 0 saturated carbocycles. The van der Waals surface area contributed by atoms with E-state index < -0.39 is 5.97 Å². The van der Waals surface area contributed by atoms with E-state index in [1.54, 1.807) is 5.38 Å². The molecule has 0 aliphatic carbocycles. The van der Waals surface area contributed by atoms with Crippen molar-refractivity contribution in [3.05, 3.63) is 118 Å². The molecule has 6 nitrogen and oxygen atoms in total. The first-order chi connectivity index (χ1) is 17.6. The number of ether oxygens (including phenoxy) is 1. The van der Waals surface area contributed by atoms with E-state index in [0.717, 1.165) is 46.9 Å². The summed E-state index contributed by atoms with van der Waals surface area (Å²) < 4.78 is 5.93. The fraction of sp³-hybridized carbons (Fsp3) is 0.172. The van der Waals surface area contributed by atoms with Crippen molar-refractivity contribution in [2.45, 2.75) is 26.1 Å². The van der Waals surface area contributed by atoms with Gasteiger partial charge >= 0.3 is 5.97 Å². The molecule has 0 aliphatic rings. The van der Waals surface area contributed by atoms with Crippen LogP contribution in [0, 0.1) is 0 Å². The van der Waals surface area contributed by atoms with Gasteiger partial charge in [0, 0.05) is 35.6 Å². The number of nitrogens with zero attached hydrogens (tertiary/aromatic N) is 2. The Morgan fingerprint density at radius 2 is 1.72 bits per heavy atom. The van der Waals surface area contributed by atoms with Crippen LogP contribution < -0.4 is 4.74 Å². The van der Waals surface area contributed by atoms with Crippen molar-refractivity contribution in [3.63, 3.8) is 0 Å². The van der Waals surface area contributed by atoms with Gasteiger partial charge in [0.05, 0.1) is 6.54 Å². The van der Waals surface area contributed by atoms with Gasteiger partial charge in [-0.05, 0) is 41.3 Å². The van der Waals surface area contributed by atoms with Gasteiger partial charge in [0.25, 0.3) is 0 Å². The third-order valence-electron chi connectivity index (χ3n) is 6.08. The van der Waals surface area contributed by atoms with Crippen molar-refractivity contribution >= 4 is 28.2 Å². The predicted molar refractivity (Wildman–Crippen MR) is 142 cm³/mol. The van der Waals surface area contributed by atoms with Gasteiger partial charge < -0.3 is 14.8 Å². The van der Waals surface area contributed by atoms with Crippen molar-refractivity contribution in [1.29, 1.82) is 0 Å². The van der Waals surface area contributed by atoms with Gasteiger partial charge in [-0.3, -0.25) is 4.90 Å². The maximum atomic E-state index is 11.3. The van der Waals surface area contributed by atoms with Crippen LogP contribution in [-0.2, 0) is 26.1 Å². The van der Waals surface area contributed by atoms with Crippen LogP contribution in [0.3, 0.4) is 0 Å². The summed E-state index contributed by atoms with van der Waals surface area (Å²) in [6.07, 6.45) is 2.95. The molecule has 3 aromatic carbocycles. The molecule has 5 aromatic rings. The number of benzene rings is 3. The number of aromatic amines is 1. The highest BCUT2D eigenvalue weighted by Gasteiger charge is 2.14. The summed E-state index contributed by atoms with van der Waals surface area (Å²) in [6.45, 7) is 2.67. The fourth-order valence-corrected chi connectivity index (χ4v) is 5.00. The Morgan fingerprint density at radius 1 is 0.944 bits per heavy atom. The topological polar surface area (TPSA) is 78.5 Å². The third kappa shape index (κ3) is 6.00. The van der Waals surface area contributed by atoms with Gasteiger partial charge in [0.1, 0.15) is 17.4 Å². The molecule has 0 radical (unpaired) electrons. The van der Waals surface area contributed by atoms with Crippen LogP contribution >= 0.6 is 11.3 Å². The second-order valence-electron chi connectivity index (χ2n) is 8.67. The highest BCUT2D eigenvalue weighted by atomic mass is 32.1. The van der Waals surface area contributed by atoms with Crippen molar-refractivity contribution < 1.29 is 14.6 Å². The van der Waals surface area contributed by atoms with Gasteiger partial charge in [0.15, 0.2) is 5.69 Å². The lowest BCUT2D eigenvalue weighted by molar-refractivity contribution is 0.0691. The summed E-state index contributed by atoms with van der Waals surface area (Å²) in [5.41, 5.74) is 4.80. The molecule has 0 aliphatic heterocycles. The van der Waals surface area contributed by atoms with Crippen LogP contribution in [0.4, 0.5) is 0 Å². The average molecular weight is 498 g/mol. The van der Waals surface area contributed by atoms with Crippen LogP contribution in [0.5, 0.6) is 5.75 Å². The molecule has 2 heterocycles. The number of carbonyl (C=O) groups is 1. The first-order valence-electron chi connectivity index (χ1n) is 11.8. The van der Waals surface area contributed by atoms with Crippen LogP contribution in [0.1, 0.15) is 32.2 Å². The van der Waals surface area contributed by atoms with Crippen molar-refractivity contribution in [3.8, 4) is 5.75 Å². The minimum Gasteiger partial charge on any atom is -0.489 e. The number of carboxylic acid groups (broad SMARTS) is 1. The molecule has 7 heteroatoms. The molecule has 0 saturated heterocycles. The van der Waals surface area contributed by atoms with Gasteiger partial charge in [-0.25, -0.2) is 9.78 Å². The number of hydrogen-bond acceptors (Lipinski definition) is 5. The molecule has 2 N–H and O–H groups in total. The van der Waals surface area contributed by atoms with Crippen molar-refractivity contribution in [1.82, 2.24) is 14.9 Å². The van der Waals surface area contributed by atoms with E-state index >= 15 is 0 Å². The molecule has 36 heavy (non-hydrogen) atoms. The minimum absolute atomic E-state index is 0.103. The molecule has 0 amide bonds. The molecule has 182 valence electrons. The first kappa shape index (κ1) is 23.8. The largest absolute Gasteiger partial charge is 0.489 e. The summed E-state index contributed by atoms with van der Waals surface area (Å²) in [5, 5.41) is 12.9. The first-order valence-corrected chi connectivity index (χ1v) is 12.7. The molecular formula is C29H27N3O3S. The maximum Gasteiger partial charge on any atom is 0.355 e. The third-order valence-corrected chi connectivity index (χ3v) is 6.91. The van der Waals surface area contributed by atoms with Crippen molar-refractivity contribution in [2.75, 3.05) is 6.54 Å².